The first-order chi connectivity index (χ1) is 11.3. The summed E-state index contributed by atoms with van der Waals surface area (Å²) in [5, 5.41) is 1.27. The number of hydrogen-bond acceptors (Lipinski definition) is 4. The topological polar surface area (TPSA) is 66.8 Å². The van der Waals surface area contributed by atoms with E-state index < -0.39 is 9.84 Å². The number of amides is 1. The van der Waals surface area contributed by atoms with Crippen LogP contribution in [0, 0.1) is 0 Å². The second-order valence-corrected chi connectivity index (χ2v) is 10.0. The first-order valence-electron chi connectivity index (χ1n) is 7.53. The van der Waals surface area contributed by atoms with Crippen molar-refractivity contribution < 1.29 is 13.2 Å². The molecule has 2 fully saturated rings. The number of rotatable bonds is 3. The van der Waals surface area contributed by atoms with Gasteiger partial charge in [0.05, 0.1) is 28.3 Å². The molecule has 0 N–H and O–H groups in total. The van der Waals surface area contributed by atoms with Gasteiger partial charge in [0.15, 0.2) is 15.0 Å². The number of anilines is 1. The van der Waals surface area contributed by atoms with Crippen molar-refractivity contribution in [1.82, 2.24) is 0 Å². The van der Waals surface area contributed by atoms with Crippen LogP contribution in [0.25, 0.3) is 0 Å². The number of fused-ring (bicyclic) bond motifs is 1. The Bertz CT molecular complexity index is 811. The molecule has 24 heavy (non-hydrogen) atoms. The molecule has 2 heterocycles. The molecule has 0 radical (unpaired) electrons. The molecule has 2 aliphatic heterocycles. The van der Waals surface area contributed by atoms with Crippen LogP contribution in [-0.2, 0) is 14.6 Å². The maximum absolute atomic E-state index is 12.0. The van der Waals surface area contributed by atoms with E-state index in [0.29, 0.717) is 33.7 Å². The molecule has 130 valence electrons. The lowest BCUT2D eigenvalue weighted by Gasteiger charge is -2.25. The monoisotopic (exact) mass is 406 g/mol. The molecule has 0 aliphatic carbocycles. The van der Waals surface area contributed by atoms with E-state index in [-0.39, 0.29) is 28.7 Å². The smallest absolute Gasteiger partial charge is 0.248 e. The zero-order valence-corrected chi connectivity index (χ0v) is 16.1. The predicted molar refractivity (Wildman–Crippen MR) is 100 cm³/mol. The Hall–Kier alpha value is -0.760. The van der Waals surface area contributed by atoms with Crippen molar-refractivity contribution in [2.75, 3.05) is 16.4 Å². The van der Waals surface area contributed by atoms with Crippen LogP contribution in [0.5, 0.6) is 0 Å². The van der Waals surface area contributed by atoms with Crippen molar-refractivity contribution in [3.05, 3.63) is 28.2 Å². The zero-order chi connectivity index (χ0) is 17.5. The van der Waals surface area contributed by atoms with Crippen molar-refractivity contribution in [1.29, 1.82) is 0 Å². The minimum absolute atomic E-state index is 0.0324. The number of amidine groups is 1. The Morgan fingerprint density at radius 2 is 2.12 bits per heavy atom. The van der Waals surface area contributed by atoms with Gasteiger partial charge in [0.2, 0.25) is 5.91 Å². The van der Waals surface area contributed by atoms with E-state index >= 15 is 0 Å². The normalized spacial score (nSPS) is 26.8. The van der Waals surface area contributed by atoms with E-state index in [1.807, 2.05) is 6.92 Å². The molecule has 1 amide bonds. The minimum atomic E-state index is -3.10. The van der Waals surface area contributed by atoms with Gasteiger partial charge in [0.25, 0.3) is 0 Å². The molecule has 1 aromatic carbocycles. The van der Waals surface area contributed by atoms with Crippen LogP contribution >= 0.6 is 35.0 Å². The first kappa shape index (κ1) is 18.0. The lowest BCUT2D eigenvalue weighted by atomic mass is 10.2. The summed E-state index contributed by atoms with van der Waals surface area (Å²) in [6.07, 6.45) is 1.07. The van der Waals surface area contributed by atoms with Crippen molar-refractivity contribution in [3.8, 4) is 0 Å². The van der Waals surface area contributed by atoms with Gasteiger partial charge in [-0.15, -0.1) is 0 Å². The summed E-state index contributed by atoms with van der Waals surface area (Å²) in [7, 11) is -3.10. The lowest BCUT2D eigenvalue weighted by Crippen LogP contribution is -2.37. The molecular weight excluding hydrogens is 391 g/mol. The Morgan fingerprint density at radius 1 is 1.38 bits per heavy atom. The van der Waals surface area contributed by atoms with E-state index in [1.54, 1.807) is 23.1 Å². The van der Waals surface area contributed by atoms with Crippen LogP contribution in [0.2, 0.25) is 10.0 Å². The molecule has 0 unspecified atom stereocenters. The van der Waals surface area contributed by atoms with Gasteiger partial charge in [-0.2, -0.15) is 4.99 Å². The number of benzene rings is 1. The summed E-state index contributed by atoms with van der Waals surface area (Å²) in [6, 6.07) is 4.76. The Morgan fingerprint density at radius 3 is 2.79 bits per heavy atom. The SMILES string of the molecule is CCCC(=O)N=C1S[C@H]2CS(=O)(=O)C[C@@H]2N1c1ccc(Cl)cc1Cl. The summed E-state index contributed by atoms with van der Waals surface area (Å²) >= 11 is 13.6. The number of hydrogen-bond donors (Lipinski definition) is 0. The van der Waals surface area contributed by atoms with Gasteiger partial charge < -0.3 is 4.90 Å². The third-order valence-corrected chi connectivity index (χ3v) is 7.67. The van der Waals surface area contributed by atoms with Crippen LogP contribution in [0.15, 0.2) is 23.2 Å². The molecule has 9 heteroatoms. The number of nitrogens with zero attached hydrogens (tertiary/aromatic N) is 2. The quantitative estimate of drug-likeness (QED) is 0.769. The molecule has 1 aromatic rings. The van der Waals surface area contributed by atoms with Crippen molar-refractivity contribution >= 4 is 61.6 Å². The van der Waals surface area contributed by atoms with Crippen molar-refractivity contribution in [2.45, 2.75) is 31.1 Å². The fourth-order valence-electron chi connectivity index (χ4n) is 2.90. The molecule has 0 saturated carbocycles. The summed E-state index contributed by atoms with van der Waals surface area (Å²) < 4.78 is 24.0. The molecule has 2 saturated heterocycles. The number of carbonyl (C=O) groups excluding carboxylic acids is 1. The van der Waals surface area contributed by atoms with E-state index in [0.717, 1.165) is 0 Å². The van der Waals surface area contributed by atoms with Crippen LogP contribution in [0.4, 0.5) is 5.69 Å². The Kier molecular flexibility index (Phi) is 5.16. The highest BCUT2D eigenvalue weighted by atomic mass is 35.5. The van der Waals surface area contributed by atoms with Crippen LogP contribution in [0.3, 0.4) is 0 Å². The highest BCUT2D eigenvalue weighted by Crippen LogP contribution is 2.43. The predicted octanol–water partition coefficient (Wildman–Crippen LogP) is 3.39. The Labute approximate surface area is 155 Å². The van der Waals surface area contributed by atoms with Gasteiger partial charge >= 0.3 is 0 Å². The number of aliphatic imine (C=N–C) groups is 1. The zero-order valence-electron chi connectivity index (χ0n) is 12.9. The van der Waals surface area contributed by atoms with Gasteiger partial charge in [0.1, 0.15) is 0 Å². The maximum Gasteiger partial charge on any atom is 0.248 e. The molecule has 2 aliphatic rings. The van der Waals surface area contributed by atoms with E-state index in [1.165, 1.54) is 11.8 Å². The third kappa shape index (κ3) is 3.59. The molecule has 2 atom stereocenters. The molecule has 0 aromatic heterocycles. The second-order valence-electron chi connectivity index (χ2n) is 5.80. The number of carbonyl (C=O) groups is 1. The van der Waals surface area contributed by atoms with E-state index in [2.05, 4.69) is 4.99 Å². The number of sulfone groups is 1. The van der Waals surface area contributed by atoms with Crippen LogP contribution in [0.1, 0.15) is 19.8 Å². The standard InChI is InChI=1S/C15H16Cl2N2O3S2/c1-2-3-14(20)18-15-19(11-5-4-9(16)6-10(11)17)12-7-24(21,22)8-13(12)23-15/h4-6,12-13H,2-3,7-8H2,1H3/t12-,13-/m0/s1. The van der Waals surface area contributed by atoms with Crippen LogP contribution in [-0.4, -0.2) is 42.3 Å². The molecular formula is C15H16Cl2N2O3S2. The summed E-state index contributed by atoms with van der Waals surface area (Å²) in [4.78, 5) is 17.9. The van der Waals surface area contributed by atoms with Gasteiger partial charge in [-0.05, 0) is 24.6 Å². The molecule has 0 spiro atoms. The summed E-state index contributed by atoms with van der Waals surface area (Å²) in [6.45, 7) is 1.91. The second kappa shape index (κ2) is 6.86. The summed E-state index contributed by atoms with van der Waals surface area (Å²) in [5.41, 5.74) is 0.626. The highest BCUT2D eigenvalue weighted by Gasteiger charge is 2.49. The Balaban J connectivity index is 2.03. The van der Waals surface area contributed by atoms with Crippen molar-refractivity contribution in [2.24, 2.45) is 4.99 Å². The molecule has 0 bridgehead atoms. The van der Waals surface area contributed by atoms with Gasteiger partial charge in [-0.3, -0.25) is 4.79 Å². The average molecular weight is 407 g/mol. The largest absolute Gasteiger partial charge is 0.314 e. The van der Waals surface area contributed by atoms with Crippen LogP contribution < -0.4 is 4.90 Å². The first-order valence-corrected chi connectivity index (χ1v) is 11.0. The minimum Gasteiger partial charge on any atom is -0.314 e. The highest BCUT2D eigenvalue weighted by molar-refractivity contribution is 8.16. The number of thioether (sulfide) groups is 1. The average Bonchev–Trinajstić information content (AvgIpc) is 2.91. The molecule has 5 nitrogen and oxygen atoms in total. The van der Waals surface area contributed by atoms with E-state index in [4.69, 9.17) is 23.2 Å². The fourth-order valence-corrected chi connectivity index (χ4v) is 7.32. The maximum atomic E-state index is 12.0. The molecule has 3 rings (SSSR count). The summed E-state index contributed by atoms with van der Waals surface area (Å²) in [5.74, 6) is -0.0896. The van der Waals surface area contributed by atoms with Gasteiger partial charge in [-0.1, -0.05) is 41.9 Å². The third-order valence-electron chi connectivity index (χ3n) is 3.92. The van der Waals surface area contributed by atoms with E-state index in [9.17, 15) is 13.2 Å². The van der Waals surface area contributed by atoms with Gasteiger partial charge in [-0.25, -0.2) is 8.42 Å². The van der Waals surface area contributed by atoms with Crippen molar-refractivity contribution in [3.63, 3.8) is 0 Å². The fraction of sp³-hybridized carbons (Fsp3) is 0.467. The lowest BCUT2D eigenvalue weighted by molar-refractivity contribution is -0.117. The van der Waals surface area contributed by atoms with Gasteiger partial charge in [0, 0.05) is 16.7 Å². The number of halogens is 2.